The van der Waals surface area contributed by atoms with Gasteiger partial charge in [-0.3, -0.25) is 4.55 Å². The van der Waals surface area contributed by atoms with E-state index in [1.165, 1.54) is 12.8 Å². The fraction of sp³-hybridized carbons (Fsp3) is 0.929. The van der Waals surface area contributed by atoms with Crippen LogP contribution in [0.5, 0.6) is 0 Å². The molecule has 1 N–H and O–H groups in total. The summed E-state index contributed by atoms with van der Waals surface area (Å²) in [6, 6.07) is 0. The molecule has 4 fully saturated rings. The number of halogens is 2. The van der Waals surface area contributed by atoms with Crippen LogP contribution in [0.3, 0.4) is 0 Å². The average Bonchev–Trinajstić information content (AvgIpc) is 3.15. The molecule has 0 aromatic rings. The predicted octanol–water partition coefficient (Wildman–Crippen LogP) is 2.08. The van der Waals surface area contributed by atoms with Crippen molar-refractivity contribution in [2.75, 3.05) is 0 Å². The molecular formula is C14H18F2O5S. The summed E-state index contributed by atoms with van der Waals surface area (Å²) in [4.78, 5) is 11.5. The molecular weight excluding hydrogens is 318 g/mol. The number of carbonyl (C=O) groups is 1. The molecule has 4 saturated carbocycles. The number of hydrogen-bond donors (Lipinski definition) is 1. The number of carbonyl (C=O) groups excluding carboxylic acids is 1. The van der Waals surface area contributed by atoms with Gasteiger partial charge < -0.3 is 4.74 Å². The van der Waals surface area contributed by atoms with Gasteiger partial charge >= 0.3 is 21.3 Å². The first kappa shape index (κ1) is 14.8. The van der Waals surface area contributed by atoms with Gasteiger partial charge in [-0.25, -0.2) is 4.79 Å². The molecule has 8 heteroatoms. The van der Waals surface area contributed by atoms with Crippen LogP contribution in [0.25, 0.3) is 0 Å². The topological polar surface area (TPSA) is 80.7 Å². The molecule has 0 aromatic carbocycles. The molecule has 4 aliphatic rings. The minimum atomic E-state index is -5.79. The highest BCUT2D eigenvalue weighted by Gasteiger charge is 2.64. The second kappa shape index (κ2) is 4.41. The van der Waals surface area contributed by atoms with Crippen LogP contribution in [0, 0.1) is 35.5 Å². The van der Waals surface area contributed by atoms with Crippen molar-refractivity contribution in [1.29, 1.82) is 0 Å². The predicted molar refractivity (Wildman–Crippen MR) is 70.4 cm³/mol. The lowest BCUT2D eigenvalue weighted by atomic mass is 9.70. The first-order valence-electron chi connectivity index (χ1n) is 7.76. The van der Waals surface area contributed by atoms with E-state index in [0.29, 0.717) is 30.1 Å². The van der Waals surface area contributed by atoms with Crippen molar-refractivity contribution in [2.45, 2.75) is 43.5 Å². The maximum absolute atomic E-state index is 13.3. The lowest BCUT2D eigenvalue weighted by molar-refractivity contribution is -0.171. The highest BCUT2D eigenvalue weighted by atomic mass is 32.2. The largest absolute Gasteiger partial charge is 0.465 e. The van der Waals surface area contributed by atoms with Gasteiger partial charge in [-0.2, -0.15) is 17.2 Å². The van der Waals surface area contributed by atoms with Gasteiger partial charge in [0.2, 0.25) is 0 Å². The summed E-state index contributed by atoms with van der Waals surface area (Å²) in [5, 5.41) is -4.89. The zero-order valence-electron chi connectivity index (χ0n) is 11.8. The Morgan fingerprint density at radius 2 is 1.68 bits per heavy atom. The first-order chi connectivity index (χ1) is 10.2. The van der Waals surface area contributed by atoms with Gasteiger partial charge in [0, 0.05) is 0 Å². The van der Waals surface area contributed by atoms with Crippen LogP contribution in [0.2, 0.25) is 0 Å². The Kier molecular flexibility index (Phi) is 2.97. The van der Waals surface area contributed by atoms with Crippen molar-refractivity contribution in [3.63, 3.8) is 0 Å². The Balaban J connectivity index is 1.49. The second-order valence-corrected chi connectivity index (χ2v) is 8.78. The third kappa shape index (κ3) is 1.82. The van der Waals surface area contributed by atoms with Crippen molar-refractivity contribution in [3.8, 4) is 0 Å². The van der Waals surface area contributed by atoms with Crippen LogP contribution in [-0.4, -0.2) is 30.3 Å². The van der Waals surface area contributed by atoms with E-state index in [1.54, 1.807) is 0 Å². The number of alkyl halides is 2. The maximum Gasteiger partial charge on any atom is 0.465 e. The van der Waals surface area contributed by atoms with E-state index in [-0.39, 0.29) is 5.92 Å². The van der Waals surface area contributed by atoms with Crippen LogP contribution >= 0.6 is 0 Å². The fourth-order valence-corrected chi connectivity index (χ4v) is 6.21. The standard InChI is InChI=1S/C14H18F2O5S/c15-14(16,22(18,19)20)13(17)21-10-5-8-4-9(10)12-7-2-1-6(3-7)11(8)12/h6-12H,1-5H2,(H,18,19,20)/t6?,7?,8?,9-,10?,11?,12?/m0/s1. The van der Waals surface area contributed by atoms with Gasteiger partial charge in [0.05, 0.1) is 0 Å². The minimum Gasteiger partial charge on any atom is -0.457 e. The van der Waals surface area contributed by atoms with Crippen molar-refractivity contribution < 1.29 is 31.3 Å². The van der Waals surface area contributed by atoms with Gasteiger partial charge in [-0.1, -0.05) is 0 Å². The van der Waals surface area contributed by atoms with Gasteiger partial charge in [-0.15, -0.1) is 0 Å². The van der Waals surface area contributed by atoms with Crippen molar-refractivity contribution in [1.82, 2.24) is 0 Å². The molecule has 5 nitrogen and oxygen atoms in total. The van der Waals surface area contributed by atoms with Gasteiger partial charge in [0.25, 0.3) is 0 Å². The molecule has 0 saturated heterocycles. The second-order valence-electron chi connectivity index (χ2n) is 7.32. The number of rotatable bonds is 3. The van der Waals surface area contributed by atoms with Crippen LogP contribution in [0.15, 0.2) is 0 Å². The zero-order chi connectivity index (χ0) is 15.9. The lowest BCUT2D eigenvalue weighted by Crippen LogP contribution is -2.44. The molecule has 0 aliphatic heterocycles. The van der Waals surface area contributed by atoms with E-state index in [1.807, 2.05) is 0 Å². The van der Waals surface area contributed by atoms with E-state index in [2.05, 4.69) is 0 Å². The summed E-state index contributed by atoms with van der Waals surface area (Å²) >= 11 is 0. The minimum absolute atomic E-state index is 0.0754. The smallest absolute Gasteiger partial charge is 0.457 e. The Bertz CT molecular complexity index is 619. The molecule has 0 spiro atoms. The molecule has 0 aromatic heterocycles. The van der Waals surface area contributed by atoms with E-state index in [0.717, 1.165) is 18.8 Å². The summed E-state index contributed by atoms with van der Waals surface area (Å²) in [7, 11) is -5.79. The summed E-state index contributed by atoms with van der Waals surface area (Å²) in [5.41, 5.74) is 0. The molecule has 0 amide bonds. The number of esters is 1. The highest BCUT2D eigenvalue weighted by Crippen LogP contribution is 2.67. The van der Waals surface area contributed by atoms with Crippen LogP contribution in [-0.2, 0) is 19.6 Å². The van der Waals surface area contributed by atoms with Gasteiger partial charge in [0.1, 0.15) is 6.10 Å². The summed E-state index contributed by atoms with van der Waals surface area (Å²) in [5.74, 6) is 0.756. The fourth-order valence-electron chi connectivity index (χ4n) is 5.95. The molecule has 4 bridgehead atoms. The average molecular weight is 336 g/mol. The third-order valence-electron chi connectivity index (χ3n) is 6.49. The Morgan fingerprint density at radius 3 is 2.32 bits per heavy atom. The molecule has 22 heavy (non-hydrogen) atoms. The number of ether oxygens (including phenoxy) is 1. The monoisotopic (exact) mass is 336 g/mol. The van der Waals surface area contributed by atoms with E-state index >= 15 is 0 Å². The number of fused-ring (bicyclic) bond motifs is 9. The van der Waals surface area contributed by atoms with Crippen molar-refractivity contribution in [3.05, 3.63) is 0 Å². The lowest BCUT2D eigenvalue weighted by Gasteiger charge is -2.38. The SMILES string of the molecule is O=C(OC1CC2C[C@@H]1C1C3CCC(C3)C21)C(F)(F)S(=O)(=O)O. The normalized spacial score (nSPS) is 46.0. The van der Waals surface area contributed by atoms with Gasteiger partial charge in [0.15, 0.2) is 0 Å². The van der Waals surface area contributed by atoms with Crippen LogP contribution < -0.4 is 0 Å². The van der Waals surface area contributed by atoms with E-state index in [4.69, 9.17) is 9.29 Å². The summed E-state index contributed by atoms with van der Waals surface area (Å²) in [6.07, 6.45) is 4.41. The van der Waals surface area contributed by atoms with E-state index in [9.17, 15) is 22.0 Å². The maximum atomic E-state index is 13.3. The van der Waals surface area contributed by atoms with Crippen LogP contribution in [0.4, 0.5) is 8.78 Å². The molecule has 0 radical (unpaired) electrons. The number of hydrogen-bond acceptors (Lipinski definition) is 4. The summed E-state index contributed by atoms with van der Waals surface area (Å²) < 4.78 is 61.2. The Hall–Kier alpha value is -0.760. The molecule has 4 rings (SSSR count). The van der Waals surface area contributed by atoms with Gasteiger partial charge in [-0.05, 0) is 67.6 Å². The molecule has 7 atom stereocenters. The first-order valence-corrected chi connectivity index (χ1v) is 9.20. The highest BCUT2D eigenvalue weighted by molar-refractivity contribution is 7.87. The molecule has 0 heterocycles. The van der Waals surface area contributed by atoms with Crippen molar-refractivity contribution in [2.24, 2.45) is 35.5 Å². The Morgan fingerprint density at radius 1 is 1.05 bits per heavy atom. The van der Waals surface area contributed by atoms with Crippen molar-refractivity contribution >= 4 is 16.1 Å². The zero-order valence-corrected chi connectivity index (χ0v) is 12.6. The molecule has 4 aliphatic carbocycles. The molecule has 124 valence electrons. The molecule has 6 unspecified atom stereocenters. The third-order valence-corrected chi connectivity index (χ3v) is 7.31. The van der Waals surface area contributed by atoms with Crippen LogP contribution in [0.1, 0.15) is 32.1 Å². The Labute approximate surface area is 127 Å². The quantitative estimate of drug-likeness (QED) is 0.485. The summed E-state index contributed by atoms with van der Waals surface area (Å²) in [6.45, 7) is 0. The van der Waals surface area contributed by atoms with E-state index < -0.39 is 27.4 Å².